The predicted octanol–water partition coefficient (Wildman–Crippen LogP) is 2.18. The molecule has 2 N–H and O–H groups in total. The van der Waals surface area contributed by atoms with Gasteiger partial charge in [0.2, 0.25) is 0 Å². The van der Waals surface area contributed by atoms with Gasteiger partial charge in [-0.3, -0.25) is 0 Å². The predicted molar refractivity (Wildman–Crippen MR) is 79.2 cm³/mol. The maximum atomic E-state index is 9.56. The van der Waals surface area contributed by atoms with Crippen LogP contribution in [0.2, 0.25) is 0 Å². The van der Waals surface area contributed by atoms with Crippen molar-refractivity contribution in [2.75, 3.05) is 26.2 Å². The van der Waals surface area contributed by atoms with Gasteiger partial charge in [0.15, 0.2) is 0 Å². The zero-order valence-corrected chi connectivity index (χ0v) is 11.9. The molecule has 3 heteroatoms. The average Bonchev–Trinajstić information content (AvgIpc) is 2.48. The molecule has 1 saturated heterocycles. The number of rotatable bonds is 6. The highest BCUT2D eigenvalue weighted by molar-refractivity contribution is 5.18. The van der Waals surface area contributed by atoms with Crippen molar-refractivity contribution in [3.63, 3.8) is 0 Å². The molecule has 0 amide bonds. The highest BCUT2D eigenvalue weighted by Crippen LogP contribution is 2.13. The first-order valence-corrected chi connectivity index (χ1v) is 7.44. The molecular weight excluding hydrogens is 236 g/mol. The van der Waals surface area contributed by atoms with Gasteiger partial charge in [-0.05, 0) is 38.4 Å². The standard InChI is InChI=1S/C16H26N2O/c1-14(15-8-4-2-5-9-15)17-16(13-19)12-18-10-6-3-7-11-18/h2,4-5,8-9,14,16-17,19H,3,6-7,10-13H2,1H3/t14-,16+/m0/s1. The number of nitrogens with zero attached hydrogens (tertiary/aromatic N) is 1. The fourth-order valence-electron chi connectivity index (χ4n) is 2.81. The van der Waals surface area contributed by atoms with E-state index in [0.717, 1.165) is 6.54 Å². The van der Waals surface area contributed by atoms with Crippen molar-refractivity contribution in [2.24, 2.45) is 0 Å². The monoisotopic (exact) mass is 262 g/mol. The fraction of sp³-hybridized carbons (Fsp3) is 0.625. The van der Waals surface area contributed by atoms with E-state index >= 15 is 0 Å². The van der Waals surface area contributed by atoms with Crippen LogP contribution in [0.25, 0.3) is 0 Å². The van der Waals surface area contributed by atoms with E-state index in [9.17, 15) is 5.11 Å². The molecule has 2 rings (SSSR count). The number of piperidine rings is 1. The lowest BCUT2D eigenvalue weighted by Crippen LogP contribution is -2.45. The lowest BCUT2D eigenvalue weighted by atomic mass is 10.1. The van der Waals surface area contributed by atoms with Crippen molar-refractivity contribution in [3.05, 3.63) is 35.9 Å². The summed E-state index contributed by atoms with van der Waals surface area (Å²) in [6.45, 7) is 5.67. The minimum Gasteiger partial charge on any atom is -0.395 e. The molecule has 19 heavy (non-hydrogen) atoms. The Morgan fingerprint density at radius 3 is 2.47 bits per heavy atom. The van der Waals surface area contributed by atoms with Crippen LogP contribution >= 0.6 is 0 Å². The SMILES string of the molecule is C[C@H](N[C@@H](CO)CN1CCCCC1)c1ccccc1. The molecule has 0 radical (unpaired) electrons. The van der Waals surface area contributed by atoms with Gasteiger partial charge < -0.3 is 15.3 Å². The smallest absolute Gasteiger partial charge is 0.0597 e. The summed E-state index contributed by atoms with van der Waals surface area (Å²) in [4.78, 5) is 2.47. The van der Waals surface area contributed by atoms with Crippen LogP contribution in [0.15, 0.2) is 30.3 Å². The van der Waals surface area contributed by atoms with Crippen molar-refractivity contribution in [3.8, 4) is 0 Å². The Morgan fingerprint density at radius 1 is 1.16 bits per heavy atom. The van der Waals surface area contributed by atoms with Crippen LogP contribution in [-0.2, 0) is 0 Å². The van der Waals surface area contributed by atoms with Gasteiger partial charge >= 0.3 is 0 Å². The molecule has 1 aliphatic heterocycles. The van der Waals surface area contributed by atoms with Crippen LogP contribution in [0.1, 0.15) is 37.8 Å². The second-order valence-corrected chi connectivity index (χ2v) is 5.54. The first-order chi connectivity index (χ1) is 9.29. The van der Waals surface area contributed by atoms with E-state index < -0.39 is 0 Å². The molecule has 1 aromatic rings. The van der Waals surface area contributed by atoms with Crippen LogP contribution < -0.4 is 5.32 Å². The van der Waals surface area contributed by atoms with Crippen molar-refractivity contribution >= 4 is 0 Å². The van der Waals surface area contributed by atoms with Crippen molar-refractivity contribution < 1.29 is 5.11 Å². The minimum atomic E-state index is 0.160. The van der Waals surface area contributed by atoms with Crippen LogP contribution in [0.4, 0.5) is 0 Å². The van der Waals surface area contributed by atoms with Crippen LogP contribution in [0.3, 0.4) is 0 Å². The lowest BCUT2D eigenvalue weighted by molar-refractivity contribution is 0.157. The van der Waals surface area contributed by atoms with Gasteiger partial charge in [-0.15, -0.1) is 0 Å². The summed E-state index contributed by atoms with van der Waals surface area (Å²) >= 11 is 0. The van der Waals surface area contributed by atoms with Crippen LogP contribution in [-0.4, -0.2) is 42.3 Å². The molecule has 0 aliphatic carbocycles. The molecule has 2 atom stereocenters. The fourth-order valence-corrected chi connectivity index (χ4v) is 2.81. The normalized spacial score (nSPS) is 20.1. The molecule has 0 spiro atoms. The summed E-state index contributed by atoms with van der Waals surface area (Å²) in [5.41, 5.74) is 1.28. The number of hydrogen-bond donors (Lipinski definition) is 2. The average molecular weight is 262 g/mol. The van der Waals surface area contributed by atoms with E-state index in [1.165, 1.54) is 37.9 Å². The Labute approximate surface area is 116 Å². The number of aliphatic hydroxyl groups is 1. The summed E-state index contributed by atoms with van der Waals surface area (Å²) in [7, 11) is 0. The van der Waals surface area contributed by atoms with E-state index in [4.69, 9.17) is 0 Å². The number of likely N-dealkylation sites (tertiary alicyclic amines) is 1. The Morgan fingerprint density at radius 2 is 1.84 bits per heavy atom. The summed E-state index contributed by atoms with van der Waals surface area (Å²) < 4.78 is 0. The van der Waals surface area contributed by atoms with E-state index in [0.29, 0.717) is 0 Å². The Balaban J connectivity index is 1.84. The maximum Gasteiger partial charge on any atom is 0.0597 e. The minimum absolute atomic E-state index is 0.160. The molecule has 0 aromatic heterocycles. The third-order valence-corrected chi connectivity index (χ3v) is 3.93. The highest BCUT2D eigenvalue weighted by Gasteiger charge is 2.17. The molecule has 0 bridgehead atoms. The maximum absolute atomic E-state index is 9.56. The Bertz CT molecular complexity index is 349. The third kappa shape index (κ3) is 4.60. The number of nitrogens with one attached hydrogen (secondary N) is 1. The second-order valence-electron chi connectivity index (χ2n) is 5.54. The lowest BCUT2D eigenvalue weighted by Gasteiger charge is -2.31. The molecule has 106 valence electrons. The summed E-state index contributed by atoms with van der Waals surface area (Å²) in [5.74, 6) is 0. The number of hydrogen-bond acceptors (Lipinski definition) is 3. The van der Waals surface area contributed by atoms with Gasteiger partial charge in [0, 0.05) is 18.6 Å². The summed E-state index contributed by atoms with van der Waals surface area (Å²) in [5, 5.41) is 13.1. The molecule has 1 fully saturated rings. The highest BCUT2D eigenvalue weighted by atomic mass is 16.3. The van der Waals surface area contributed by atoms with E-state index in [1.54, 1.807) is 0 Å². The van der Waals surface area contributed by atoms with Crippen LogP contribution in [0, 0.1) is 0 Å². The van der Waals surface area contributed by atoms with Crippen molar-refractivity contribution in [1.82, 2.24) is 10.2 Å². The van der Waals surface area contributed by atoms with Gasteiger partial charge in [0.05, 0.1) is 6.61 Å². The van der Waals surface area contributed by atoms with E-state index in [-0.39, 0.29) is 18.7 Å². The second kappa shape index (κ2) is 7.63. The largest absolute Gasteiger partial charge is 0.395 e. The number of aliphatic hydroxyl groups excluding tert-OH is 1. The van der Waals surface area contributed by atoms with Gasteiger partial charge in [0.25, 0.3) is 0 Å². The van der Waals surface area contributed by atoms with Gasteiger partial charge in [-0.25, -0.2) is 0 Å². The van der Waals surface area contributed by atoms with Gasteiger partial charge in [-0.2, -0.15) is 0 Å². The summed E-state index contributed by atoms with van der Waals surface area (Å²) in [6, 6.07) is 10.9. The Hall–Kier alpha value is -0.900. The van der Waals surface area contributed by atoms with E-state index in [2.05, 4.69) is 41.4 Å². The first-order valence-electron chi connectivity index (χ1n) is 7.44. The topological polar surface area (TPSA) is 35.5 Å². The molecule has 0 saturated carbocycles. The van der Waals surface area contributed by atoms with Gasteiger partial charge in [0.1, 0.15) is 0 Å². The van der Waals surface area contributed by atoms with Crippen molar-refractivity contribution in [2.45, 2.75) is 38.3 Å². The molecule has 1 aromatic carbocycles. The molecule has 1 heterocycles. The first kappa shape index (κ1) is 14.5. The molecule has 1 aliphatic rings. The summed E-state index contributed by atoms with van der Waals surface area (Å²) in [6.07, 6.45) is 3.95. The third-order valence-electron chi connectivity index (χ3n) is 3.93. The Kier molecular flexibility index (Phi) is 5.83. The number of benzene rings is 1. The van der Waals surface area contributed by atoms with Gasteiger partial charge in [-0.1, -0.05) is 36.8 Å². The molecule has 3 nitrogen and oxygen atoms in total. The van der Waals surface area contributed by atoms with E-state index in [1.807, 2.05) is 6.07 Å². The zero-order valence-electron chi connectivity index (χ0n) is 11.9. The van der Waals surface area contributed by atoms with Crippen LogP contribution in [0.5, 0.6) is 0 Å². The molecular formula is C16H26N2O. The van der Waals surface area contributed by atoms with Crippen molar-refractivity contribution in [1.29, 1.82) is 0 Å². The zero-order chi connectivity index (χ0) is 13.5. The quantitative estimate of drug-likeness (QED) is 0.825. The molecule has 0 unspecified atom stereocenters.